The highest BCUT2D eigenvalue weighted by atomic mass is 79.9. The van der Waals surface area contributed by atoms with E-state index in [-0.39, 0.29) is 0 Å². The van der Waals surface area contributed by atoms with E-state index in [0.29, 0.717) is 0 Å². The third-order valence-electron chi connectivity index (χ3n) is 4.39. The van der Waals surface area contributed by atoms with Gasteiger partial charge in [0.2, 0.25) is 0 Å². The highest BCUT2D eigenvalue weighted by Crippen LogP contribution is 2.20. The van der Waals surface area contributed by atoms with Gasteiger partial charge in [0.05, 0.1) is 10.2 Å². The zero-order chi connectivity index (χ0) is 23.3. The van der Waals surface area contributed by atoms with Crippen molar-refractivity contribution in [1.29, 1.82) is 0 Å². The molecule has 0 amide bonds. The van der Waals surface area contributed by atoms with Crippen LogP contribution in [0.15, 0.2) is 41.3 Å². The van der Waals surface area contributed by atoms with Gasteiger partial charge in [-0.15, -0.1) is 0 Å². The van der Waals surface area contributed by atoms with Crippen LogP contribution >= 0.6 is 15.9 Å². The van der Waals surface area contributed by atoms with Gasteiger partial charge in [0.15, 0.2) is 0 Å². The fourth-order valence-electron chi connectivity index (χ4n) is 2.87. The molecule has 31 heavy (non-hydrogen) atoms. The Hall–Kier alpha value is -2.66. The molecule has 0 aliphatic carbocycles. The smallest absolute Gasteiger partial charge is 0.475 e. The predicted molar refractivity (Wildman–Crippen MR) is 113 cm³/mol. The molecule has 1 N–H and O–H groups in total. The van der Waals surface area contributed by atoms with Gasteiger partial charge in [0.25, 0.3) is 0 Å². The quantitative estimate of drug-likeness (QED) is 0.565. The molecular formula is C20H23BrF3N5O2. The van der Waals surface area contributed by atoms with Gasteiger partial charge in [0, 0.05) is 44.4 Å². The second kappa shape index (κ2) is 10.1. The summed E-state index contributed by atoms with van der Waals surface area (Å²) in [6.45, 7) is 5.87. The minimum Gasteiger partial charge on any atom is -0.475 e. The standard InChI is InChI=1S/C18H22BrN5.C2HF3O2/c1-13-9-16(24-8-7-20-14(24)2)6-5-15(13)10-22(3)12-18-17(19)11-23(4)21-18;3-2(4,5)1(6)7/h5-9,11H,10,12H2,1-4H3;(H,6,7). The largest absolute Gasteiger partial charge is 0.490 e. The number of aromatic nitrogens is 4. The summed E-state index contributed by atoms with van der Waals surface area (Å²) in [5, 5.41) is 11.6. The number of alkyl halides is 3. The van der Waals surface area contributed by atoms with Gasteiger partial charge in [-0.3, -0.25) is 9.58 Å². The van der Waals surface area contributed by atoms with E-state index in [2.05, 4.69) is 67.7 Å². The lowest BCUT2D eigenvalue weighted by molar-refractivity contribution is -0.192. The van der Waals surface area contributed by atoms with Gasteiger partial charge in [-0.2, -0.15) is 18.3 Å². The fourth-order valence-corrected chi connectivity index (χ4v) is 3.37. The van der Waals surface area contributed by atoms with Crippen LogP contribution in [0.1, 0.15) is 22.6 Å². The van der Waals surface area contributed by atoms with E-state index in [4.69, 9.17) is 9.90 Å². The van der Waals surface area contributed by atoms with Gasteiger partial charge < -0.3 is 9.67 Å². The molecule has 0 saturated carbocycles. The third-order valence-corrected chi connectivity index (χ3v) is 5.05. The van der Waals surface area contributed by atoms with Crippen LogP contribution < -0.4 is 0 Å². The van der Waals surface area contributed by atoms with Gasteiger partial charge in [-0.05, 0) is 60.1 Å². The monoisotopic (exact) mass is 501 g/mol. The average Bonchev–Trinajstić information content (AvgIpc) is 3.21. The Morgan fingerprint density at radius 3 is 2.35 bits per heavy atom. The summed E-state index contributed by atoms with van der Waals surface area (Å²) in [5.41, 5.74) is 4.82. The van der Waals surface area contributed by atoms with E-state index in [9.17, 15) is 13.2 Å². The average molecular weight is 502 g/mol. The van der Waals surface area contributed by atoms with Crippen molar-refractivity contribution in [3.63, 3.8) is 0 Å². The third kappa shape index (κ3) is 6.93. The first-order valence-electron chi connectivity index (χ1n) is 9.15. The first kappa shape index (κ1) is 24.6. The number of rotatable bonds is 5. The van der Waals surface area contributed by atoms with Crippen LogP contribution in [-0.4, -0.2) is 48.5 Å². The SMILES string of the molecule is Cc1cc(-n2ccnc2C)ccc1CN(C)Cc1nn(C)cc1Br.O=C(O)C(F)(F)F. The molecule has 0 unspecified atom stereocenters. The second-order valence-electron chi connectivity index (χ2n) is 7.03. The summed E-state index contributed by atoms with van der Waals surface area (Å²) in [5.74, 6) is -1.76. The summed E-state index contributed by atoms with van der Waals surface area (Å²) >= 11 is 3.57. The van der Waals surface area contributed by atoms with Crippen molar-refractivity contribution in [3.05, 3.63) is 63.9 Å². The Bertz CT molecular complexity index is 1050. The fraction of sp³-hybridized carbons (Fsp3) is 0.350. The van der Waals surface area contributed by atoms with Crippen LogP contribution in [0.5, 0.6) is 0 Å². The van der Waals surface area contributed by atoms with E-state index in [0.717, 1.165) is 34.8 Å². The number of carbonyl (C=O) groups is 1. The van der Waals surface area contributed by atoms with Crippen LogP contribution in [-0.2, 0) is 24.9 Å². The van der Waals surface area contributed by atoms with Gasteiger partial charge >= 0.3 is 12.1 Å². The maximum atomic E-state index is 10.6. The van der Waals surface area contributed by atoms with E-state index >= 15 is 0 Å². The molecule has 1 aromatic carbocycles. The van der Waals surface area contributed by atoms with Crippen molar-refractivity contribution >= 4 is 21.9 Å². The summed E-state index contributed by atoms with van der Waals surface area (Å²) in [7, 11) is 4.06. The molecule has 0 radical (unpaired) electrons. The van der Waals surface area contributed by atoms with E-state index in [1.807, 2.05) is 37.2 Å². The molecule has 0 spiro atoms. The Labute approximate surface area is 186 Å². The van der Waals surface area contributed by atoms with Gasteiger partial charge in [-0.25, -0.2) is 9.78 Å². The molecule has 2 aromatic heterocycles. The topological polar surface area (TPSA) is 76.2 Å². The summed E-state index contributed by atoms with van der Waals surface area (Å²) < 4.78 is 36.7. The molecular weight excluding hydrogens is 479 g/mol. The molecule has 3 rings (SSSR count). The number of halogens is 4. The second-order valence-corrected chi connectivity index (χ2v) is 7.88. The number of aryl methyl sites for hydroxylation is 3. The van der Waals surface area contributed by atoms with E-state index < -0.39 is 12.1 Å². The summed E-state index contributed by atoms with van der Waals surface area (Å²) in [6.07, 6.45) is 0.724. The Morgan fingerprint density at radius 2 is 1.90 bits per heavy atom. The minimum atomic E-state index is -5.08. The number of hydrogen-bond donors (Lipinski definition) is 1. The molecule has 7 nitrogen and oxygen atoms in total. The number of carboxylic acid groups (broad SMARTS) is 1. The number of aliphatic carboxylic acids is 1. The van der Waals surface area contributed by atoms with Crippen molar-refractivity contribution in [2.24, 2.45) is 7.05 Å². The normalized spacial score (nSPS) is 11.4. The maximum Gasteiger partial charge on any atom is 0.490 e. The van der Waals surface area contributed by atoms with Crippen molar-refractivity contribution in [2.45, 2.75) is 33.1 Å². The molecule has 0 aliphatic heterocycles. The number of carboxylic acids is 1. The lowest BCUT2D eigenvalue weighted by Gasteiger charge is -2.18. The number of benzene rings is 1. The molecule has 0 fully saturated rings. The van der Waals surface area contributed by atoms with Crippen LogP contribution in [0.2, 0.25) is 0 Å². The van der Waals surface area contributed by atoms with Crippen molar-refractivity contribution in [3.8, 4) is 5.69 Å². The Kier molecular flexibility index (Phi) is 8.02. The molecule has 11 heteroatoms. The summed E-state index contributed by atoms with van der Waals surface area (Å²) in [6, 6.07) is 6.57. The zero-order valence-corrected chi connectivity index (χ0v) is 19.1. The van der Waals surface area contributed by atoms with Crippen LogP contribution in [0.3, 0.4) is 0 Å². The van der Waals surface area contributed by atoms with Crippen molar-refractivity contribution in [2.75, 3.05) is 7.05 Å². The van der Waals surface area contributed by atoms with Crippen LogP contribution in [0, 0.1) is 13.8 Å². The highest BCUT2D eigenvalue weighted by molar-refractivity contribution is 9.10. The molecule has 2 heterocycles. The van der Waals surface area contributed by atoms with Crippen molar-refractivity contribution < 1.29 is 23.1 Å². The summed E-state index contributed by atoms with van der Waals surface area (Å²) in [4.78, 5) is 15.5. The van der Waals surface area contributed by atoms with Crippen LogP contribution in [0.25, 0.3) is 5.69 Å². The lowest BCUT2D eigenvalue weighted by atomic mass is 10.1. The maximum absolute atomic E-state index is 10.6. The first-order valence-corrected chi connectivity index (χ1v) is 9.94. The molecule has 0 saturated heterocycles. The van der Waals surface area contributed by atoms with Crippen LogP contribution in [0.4, 0.5) is 13.2 Å². The number of nitrogens with zero attached hydrogens (tertiary/aromatic N) is 5. The minimum absolute atomic E-state index is 0.809. The van der Waals surface area contributed by atoms with Crippen molar-refractivity contribution in [1.82, 2.24) is 24.2 Å². The molecule has 0 atom stereocenters. The van der Waals surface area contributed by atoms with Gasteiger partial charge in [-0.1, -0.05) is 6.07 Å². The molecule has 0 bridgehead atoms. The first-order chi connectivity index (χ1) is 14.4. The lowest BCUT2D eigenvalue weighted by Crippen LogP contribution is -2.21. The molecule has 0 aliphatic rings. The Morgan fingerprint density at radius 1 is 1.26 bits per heavy atom. The Balaban J connectivity index is 0.000000423. The predicted octanol–water partition coefficient (Wildman–Crippen LogP) is 4.25. The zero-order valence-electron chi connectivity index (χ0n) is 17.5. The molecule has 3 aromatic rings. The number of imidazole rings is 1. The number of hydrogen-bond acceptors (Lipinski definition) is 4. The van der Waals surface area contributed by atoms with E-state index in [1.165, 1.54) is 11.1 Å². The highest BCUT2D eigenvalue weighted by Gasteiger charge is 2.38. The molecule has 168 valence electrons. The van der Waals surface area contributed by atoms with E-state index in [1.54, 1.807) is 0 Å². The van der Waals surface area contributed by atoms with Gasteiger partial charge in [0.1, 0.15) is 5.82 Å².